The molecule has 1 N–H and O–H groups in total. The fourth-order valence-electron chi connectivity index (χ4n) is 2.80. The van der Waals surface area contributed by atoms with Gasteiger partial charge >= 0.3 is 5.97 Å². The molecule has 25 heavy (non-hydrogen) atoms. The number of carbonyl (C=O) groups is 1. The van der Waals surface area contributed by atoms with Crippen molar-refractivity contribution in [1.29, 1.82) is 0 Å². The maximum Gasteiger partial charge on any atom is 0.341 e. The fourth-order valence-corrected chi connectivity index (χ4v) is 4.15. The molecule has 0 spiro atoms. The van der Waals surface area contributed by atoms with Crippen molar-refractivity contribution in [1.82, 2.24) is 0 Å². The van der Waals surface area contributed by atoms with Crippen molar-refractivity contribution in [2.24, 2.45) is 0 Å². The molecule has 1 aromatic heterocycles. The molecule has 0 saturated carbocycles. The topological polar surface area (TPSA) is 46.5 Å². The molecule has 0 atom stereocenters. The first-order valence-corrected chi connectivity index (χ1v) is 8.87. The van der Waals surface area contributed by atoms with Gasteiger partial charge in [0.1, 0.15) is 5.75 Å². The van der Waals surface area contributed by atoms with Crippen LogP contribution in [0.5, 0.6) is 5.75 Å². The summed E-state index contributed by atoms with van der Waals surface area (Å²) < 4.78 is 6.49. The molecule has 5 heteroatoms. The number of carboxylic acid groups (broad SMARTS) is 1. The second kappa shape index (κ2) is 6.39. The van der Waals surface area contributed by atoms with E-state index in [2.05, 4.69) is 24.3 Å². The molecule has 0 aliphatic heterocycles. The van der Waals surface area contributed by atoms with Crippen LogP contribution < -0.4 is 4.74 Å². The van der Waals surface area contributed by atoms with E-state index in [1.807, 2.05) is 30.3 Å². The van der Waals surface area contributed by atoms with Gasteiger partial charge in [0.25, 0.3) is 0 Å². The standard InChI is InChI=1S/C20H13ClO3S/c21-20-15-7-5-14(18-10-13-3-1-2-4-17(13)25-18)9-12(15)6-8-16(20)24-11-19(22)23/h1-10H,11H2,(H,22,23). The van der Waals surface area contributed by atoms with Gasteiger partial charge in [-0.2, -0.15) is 0 Å². The molecule has 4 aromatic rings. The summed E-state index contributed by atoms with van der Waals surface area (Å²) in [5, 5.41) is 12.2. The van der Waals surface area contributed by atoms with Crippen LogP contribution in [0.1, 0.15) is 0 Å². The molecular formula is C20H13ClO3S. The van der Waals surface area contributed by atoms with Crippen LogP contribution in [0.15, 0.2) is 60.7 Å². The Morgan fingerprint density at radius 2 is 1.88 bits per heavy atom. The second-order valence-corrected chi connectivity index (χ2v) is 7.11. The highest BCUT2D eigenvalue weighted by Gasteiger charge is 2.10. The van der Waals surface area contributed by atoms with Gasteiger partial charge in [0.05, 0.1) is 5.02 Å². The van der Waals surface area contributed by atoms with Crippen molar-refractivity contribution < 1.29 is 14.6 Å². The second-order valence-electron chi connectivity index (χ2n) is 5.64. The van der Waals surface area contributed by atoms with Crippen LogP contribution in [0.25, 0.3) is 31.3 Å². The van der Waals surface area contributed by atoms with Gasteiger partial charge in [-0.15, -0.1) is 11.3 Å². The predicted octanol–water partition coefficient (Wildman–Crippen LogP) is 5.84. The number of carboxylic acids is 1. The van der Waals surface area contributed by atoms with Gasteiger partial charge in [0.15, 0.2) is 6.61 Å². The van der Waals surface area contributed by atoms with Gasteiger partial charge in [0.2, 0.25) is 0 Å². The number of hydrogen-bond donors (Lipinski definition) is 1. The number of ether oxygens (including phenoxy) is 1. The largest absolute Gasteiger partial charge is 0.480 e. The predicted molar refractivity (Wildman–Crippen MR) is 103 cm³/mol. The van der Waals surface area contributed by atoms with Crippen LogP contribution in [0.2, 0.25) is 5.02 Å². The summed E-state index contributed by atoms with van der Waals surface area (Å²) in [4.78, 5) is 11.9. The maximum absolute atomic E-state index is 10.7. The number of aliphatic carboxylic acids is 1. The molecule has 0 radical (unpaired) electrons. The highest BCUT2D eigenvalue weighted by molar-refractivity contribution is 7.22. The number of halogens is 1. The van der Waals surface area contributed by atoms with Crippen LogP contribution >= 0.6 is 22.9 Å². The Hall–Kier alpha value is -2.56. The van der Waals surface area contributed by atoms with Crippen LogP contribution in [0.3, 0.4) is 0 Å². The van der Waals surface area contributed by atoms with Gasteiger partial charge in [-0.05, 0) is 40.6 Å². The first-order chi connectivity index (χ1) is 12.1. The van der Waals surface area contributed by atoms with E-state index >= 15 is 0 Å². The van der Waals surface area contributed by atoms with Crippen molar-refractivity contribution in [3.05, 3.63) is 65.7 Å². The van der Waals surface area contributed by atoms with Crippen LogP contribution in [-0.4, -0.2) is 17.7 Å². The van der Waals surface area contributed by atoms with Gasteiger partial charge in [-0.3, -0.25) is 0 Å². The summed E-state index contributed by atoms with van der Waals surface area (Å²) in [5.74, 6) is -0.651. The molecular weight excluding hydrogens is 356 g/mol. The molecule has 3 aromatic carbocycles. The van der Waals surface area contributed by atoms with Gasteiger partial charge < -0.3 is 9.84 Å². The van der Waals surface area contributed by atoms with Gasteiger partial charge in [-0.25, -0.2) is 4.79 Å². The van der Waals surface area contributed by atoms with Crippen molar-refractivity contribution in [2.45, 2.75) is 0 Å². The molecule has 0 amide bonds. The van der Waals surface area contributed by atoms with E-state index in [1.54, 1.807) is 17.4 Å². The first kappa shape index (κ1) is 15.9. The summed E-state index contributed by atoms with van der Waals surface area (Å²) >= 11 is 8.13. The fraction of sp³-hybridized carbons (Fsp3) is 0.0500. The lowest BCUT2D eigenvalue weighted by Gasteiger charge is -2.09. The van der Waals surface area contributed by atoms with Crippen LogP contribution in [-0.2, 0) is 4.79 Å². The lowest BCUT2D eigenvalue weighted by molar-refractivity contribution is -0.139. The summed E-state index contributed by atoms with van der Waals surface area (Å²) in [6.45, 7) is -0.412. The lowest BCUT2D eigenvalue weighted by atomic mass is 10.1. The smallest absolute Gasteiger partial charge is 0.341 e. The average molecular weight is 369 g/mol. The van der Waals surface area contributed by atoms with Crippen molar-refractivity contribution in [3.8, 4) is 16.2 Å². The van der Waals surface area contributed by atoms with E-state index < -0.39 is 12.6 Å². The molecule has 0 aliphatic carbocycles. The maximum atomic E-state index is 10.7. The Kier molecular flexibility index (Phi) is 4.07. The zero-order chi connectivity index (χ0) is 17.4. The minimum Gasteiger partial charge on any atom is -0.480 e. The van der Waals surface area contributed by atoms with E-state index in [4.69, 9.17) is 21.4 Å². The molecule has 0 saturated heterocycles. The molecule has 1 heterocycles. The van der Waals surface area contributed by atoms with Gasteiger partial charge in [0, 0.05) is 15.0 Å². The Bertz CT molecular complexity index is 1070. The quantitative estimate of drug-likeness (QED) is 0.492. The van der Waals surface area contributed by atoms with E-state index in [9.17, 15) is 4.79 Å². The third kappa shape index (κ3) is 3.06. The van der Waals surface area contributed by atoms with Crippen LogP contribution in [0, 0.1) is 0 Å². The number of hydrogen-bond acceptors (Lipinski definition) is 3. The third-order valence-corrected chi connectivity index (χ3v) is 5.53. The van der Waals surface area contributed by atoms with E-state index in [0.29, 0.717) is 10.8 Å². The van der Waals surface area contributed by atoms with E-state index in [1.165, 1.54) is 15.0 Å². The summed E-state index contributed by atoms with van der Waals surface area (Å²) in [5.41, 5.74) is 1.13. The van der Waals surface area contributed by atoms with Crippen molar-refractivity contribution in [3.63, 3.8) is 0 Å². The van der Waals surface area contributed by atoms with Crippen LogP contribution in [0.4, 0.5) is 0 Å². The van der Waals surface area contributed by atoms with Crippen molar-refractivity contribution in [2.75, 3.05) is 6.61 Å². The third-order valence-electron chi connectivity index (χ3n) is 3.98. The summed E-state index contributed by atoms with van der Waals surface area (Å²) in [6.07, 6.45) is 0. The van der Waals surface area contributed by atoms with Crippen molar-refractivity contribution >= 4 is 49.8 Å². The SMILES string of the molecule is O=C(O)COc1ccc2cc(-c3cc4ccccc4s3)ccc2c1Cl. The molecule has 4 rings (SSSR count). The minimum absolute atomic E-state index is 0.381. The molecule has 124 valence electrons. The molecule has 0 unspecified atom stereocenters. The van der Waals surface area contributed by atoms with E-state index in [0.717, 1.165) is 16.3 Å². The normalized spacial score (nSPS) is 11.1. The molecule has 0 aliphatic rings. The molecule has 3 nitrogen and oxygen atoms in total. The lowest BCUT2D eigenvalue weighted by Crippen LogP contribution is -2.09. The highest BCUT2D eigenvalue weighted by atomic mass is 35.5. The minimum atomic E-state index is -1.03. The number of thiophene rings is 1. The molecule has 0 fully saturated rings. The first-order valence-electron chi connectivity index (χ1n) is 7.67. The number of benzene rings is 3. The summed E-state index contributed by atoms with van der Waals surface area (Å²) in [7, 11) is 0. The van der Waals surface area contributed by atoms with E-state index in [-0.39, 0.29) is 0 Å². The van der Waals surface area contributed by atoms with Gasteiger partial charge in [-0.1, -0.05) is 48.0 Å². The highest BCUT2D eigenvalue weighted by Crippen LogP contribution is 2.38. The Balaban J connectivity index is 1.75. The zero-order valence-electron chi connectivity index (χ0n) is 13.0. The Morgan fingerprint density at radius 3 is 2.68 bits per heavy atom. The number of fused-ring (bicyclic) bond motifs is 2. The molecule has 0 bridgehead atoms. The average Bonchev–Trinajstić information content (AvgIpc) is 3.05. The number of rotatable bonds is 4. The Labute approximate surface area is 153 Å². The summed E-state index contributed by atoms with van der Waals surface area (Å²) in [6, 6.07) is 20.2. The monoisotopic (exact) mass is 368 g/mol. The zero-order valence-corrected chi connectivity index (χ0v) is 14.6. The Morgan fingerprint density at radius 1 is 1.04 bits per heavy atom.